The largest absolute Gasteiger partial charge is 0.456 e. The zero-order valence-corrected chi connectivity index (χ0v) is 70.7. The van der Waals surface area contributed by atoms with Gasteiger partial charge in [-0.1, -0.05) is 206 Å². The molecule has 0 aliphatic rings. The molecule has 0 saturated heterocycles. The molecular weight excluding hydrogens is 1610 g/mol. The summed E-state index contributed by atoms with van der Waals surface area (Å²) in [6.07, 6.45) is 0. The van der Waals surface area contributed by atoms with Crippen LogP contribution in [0.5, 0.6) is 0 Å². The van der Waals surface area contributed by atoms with Crippen molar-refractivity contribution in [3.63, 3.8) is 0 Å². The van der Waals surface area contributed by atoms with E-state index in [1.807, 2.05) is 42.5 Å². The van der Waals surface area contributed by atoms with Gasteiger partial charge in [-0.15, -0.1) is 0 Å². The monoisotopic (exact) mass is 1680 g/mol. The molecular formula is C124H68N4O4. The van der Waals surface area contributed by atoms with E-state index in [4.69, 9.17) is 17.7 Å². The highest BCUT2D eigenvalue weighted by molar-refractivity contribution is 6.30. The van der Waals surface area contributed by atoms with E-state index in [0.717, 1.165) is 99.1 Å². The Labute approximate surface area is 749 Å². The molecule has 10 aromatic heterocycles. The normalized spacial score (nSPS) is 12.5. The van der Waals surface area contributed by atoms with Crippen molar-refractivity contribution in [2.75, 3.05) is 0 Å². The fraction of sp³-hybridized carbons (Fsp3) is 0. The van der Waals surface area contributed by atoms with Crippen molar-refractivity contribution in [3.8, 4) is 55.9 Å². The third-order valence-electron chi connectivity index (χ3n) is 29.1. The second kappa shape index (κ2) is 26.0. The average molecular weight is 1680 g/mol. The lowest BCUT2D eigenvalue weighted by Gasteiger charge is -2.11. The Morgan fingerprint density at radius 2 is 0.356 bits per heavy atom. The van der Waals surface area contributed by atoms with Crippen LogP contribution in [0.4, 0.5) is 0 Å². The van der Waals surface area contributed by atoms with Gasteiger partial charge < -0.3 is 35.6 Å². The summed E-state index contributed by atoms with van der Waals surface area (Å²) in [6, 6.07) is 151. The summed E-state index contributed by atoms with van der Waals surface area (Å²) in [6.45, 7) is 0. The van der Waals surface area contributed by atoms with Crippen LogP contribution < -0.4 is 0 Å². The van der Waals surface area contributed by atoms with Crippen LogP contribution in [0.15, 0.2) is 430 Å². The summed E-state index contributed by atoms with van der Waals surface area (Å²) in [4.78, 5) is 0. The third kappa shape index (κ3) is 9.93. The zero-order chi connectivity index (χ0) is 85.6. The third-order valence-corrected chi connectivity index (χ3v) is 29.1. The lowest BCUT2D eigenvalue weighted by Crippen LogP contribution is -1.94. The molecule has 0 aliphatic heterocycles. The molecule has 10 heterocycles. The first-order chi connectivity index (χ1) is 65.3. The second-order valence-electron chi connectivity index (χ2n) is 36.2. The van der Waals surface area contributed by atoms with Crippen molar-refractivity contribution in [2.45, 2.75) is 0 Å². The lowest BCUT2D eigenvalue weighted by molar-refractivity contribution is 0.668. The van der Waals surface area contributed by atoms with Crippen LogP contribution in [-0.2, 0) is 0 Å². The quantitative estimate of drug-likeness (QED) is 0.166. The van der Waals surface area contributed by atoms with Gasteiger partial charge in [0, 0.05) is 119 Å². The minimum Gasteiger partial charge on any atom is -0.456 e. The number of benzene rings is 22. The molecule has 608 valence electrons. The molecule has 0 amide bonds. The van der Waals surface area contributed by atoms with Crippen molar-refractivity contribution < 1.29 is 17.7 Å². The van der Waals surface area contributed by atoms with E-state index in [1.165, 1.54) is 207 Å². The van der Waals surface area contributed by atoms with Crippen molar-refractivity contribution >= 4 is 251 Å². The highest BCUT2D eigenvalue weighted by Crippen LogP contribution is 2.50. The van der Waals surface area contributed by atoms with Gasteiger partial charge in [-0.2, -0.15) is 0 Å². The number of furan rings is 4. The van der Waals surface area contributed by atoms with Crippen LogP contribution >= 0.6 is 0 Å². The molecule has 0 aliphatic carbocycles. The van der Waals surface area contributed by atoms with Crippen LogP contribution in [0.25, 0.3) is 307 Å². The van der Waals surface area contributed by atoms with Crippen LogP contribution in [0.2, 0.25) is 0 Å². The molecule has 0 atom stereocenters. The first kappa shape index (κ1) is 70.4. The Kier molecular flexibility index (Phi) is 13.9. The molecule has 132 heavy (non-hydrogen) atoms. The summed E-state index contributed by atoms with van der Waals surface area (Å²) >= 11 is 0. The molecule has 0 N–H and O–H groups in total. The van der Waals surface area contributed by atoms with Crippen LogP contribution in [-0.4, -0.2) is 17.9 Å². The summed E-state index contributed by atoms with van der Waals surface area (Å²) in [5.74, 6) is 0. The van der Waals surface area contributed by atoms with Crippen LogP contribution in [0, 0.1) is 0 Å². The van der Waals surface area contributed by atoms with Gasteiger partial charge in [-0.05, 0) is 294 Å². The smallest absolute Gasteiger partial charge is 0.135 e. The minimum atomic E-state index is 0.903. The topological polar surface area (TPSA) is 71.2 Å². The molecule has 8 nitrogen and oxygen atoms in total. The van der Waals surface area contributed by atoms with Crippen molar-refractivity contribution in [3.05, 3.63) is 413 Å². The first-order valence-corrected chi connectivity index (χ1v) is 45.3. The average Bonchev–Trinajstić information content (AvgIpc) is 1.53. The summed E-state index contributed by atoms with van der Waals surface area (Å²) in [5, 5.41) is 33.9. The molecule has 8 heteroatoms. The highest BCUT2D eigenvalue weighted by atomic mass is 16.3. The van der Waals surface area contributed by atoms with E-state index >= 15 is 0 Å². The van der Waals surface area contributed by atoms with Crippen LogP contribution in [0.3, 0.4) is 0 Å². The number of para-hydroxylation sites is 8. The van der Waals surface area contributed by atoms with Gasteiger partial charge in [0.25, 0.3) is 0 Å². The van der Waals surface area contributed by atoms with Gasteiger partial charge in [0.1, 0.15) is 44.7 Å². The van der Waals surface area contributed by atoms with Crippen molar-refractivity contribution in [1.82, 2.24) is 17.9 Å². The lowest BCUT2D eigenvalue weighted by atomic mass is 9.95. The molecule has 0 unspecified atom stereocenters. The molecule has 0 radical (unpaired) electrons. The summed E-state index contributed by atoms with van der Waals surface area (Å²) in [7, 11) is 0. The summed E-state index contributed by atoms with van der Waals surface area (Å²) < 4.78 is 34.8. The Morgan fingerprint density at radius 3 is 0.659 bits per heavy atom. The minimum absolute atomic E-state index is 0.903. The van der Waals surface area contributed by atoms with Crippen molar-refractivity contribution in [1.29, 1.82) is 0 Å². The Balaban J connectivity index is 0.000000124. The van der Waals surface area contributed by atoms with Crippen molar-refractivity contribution in [2.24, 2.45) is 0 Å². The second-order valence-corrected chi connectivity index (χ2v) is 36.2. The highest BCUT2D eigenvalue weighted by Gasteiger charge is 2.27. The molecule has 32 aromatic rings. The standard InChI is InChI=1S/C62H35N3O.C62H33NO3/c1-6-16-54-44(11-1)45-12-2-7-17-55(45)63(54)42-24-21-36-29-49-52-32-41(38-23-26-61-51(31-38)48-15-5-10-20-60(48)66-61)33-53-50-30-37-22-25-43(64-56-18-8-3-13-46(56)47-14-4-9-19-57(47)64)28-40(37)35-59(50)65(62(52)53)58(49)34-39(36)27-42;1-4-10-56-44(7-1)49-27-36(17-20-59(49)64-56)34-13-15-38-25-47-52-30-43(40-19-22-61-51(29-40)46-9-3-6-12-58(46)66-61)31-53-48-26-39-16-14-35(37-18-21-60-50(28-37)45-8-2-5-11-57(45)65-60)24-42(39)33-55(48)63(62(52)53)54(47)32-41(38)23-34/h1-35H;1-33H. The Hall–Kier alpha value is -17.7. The molecule has 32 rings (SSSR count). The predicted octanol–water partition coefficient (Wildman–Crippen LogP) is 34.7. The van der Waals surface area contributed by atoms with E-state index in [2.05, 4.69) is 388 Å². The van der Waals surface area contributed by atoms with E-state index in [0.29, 0.717) is 0 Å². The van der Waals surface area contributed by atoms with Gasteiger partial charge in [0.2, 0.25) is 0 Å². The molecule has 0 fully saturated rings. The van der Waals surface area contributed by atoms with E-state index in [9.17, 15) is 0 Å². The maximum atomic E-state index is 6.28. The van der Waals surface area contributed by atoms with E-state index < -0.39 is 0 Å². The molecule has 22 aromatic carbocycles. The maximum Gasteiger partial charge on any atom is 0.135 e. The SMILES string of the molecule is c1ccc2c(c1)oc1ccc(-c3cc4c5cc6ccc(-n7c8ccccc8c8ccccc87)cc6cc5n5c6cc7cc(-n8c9ccccc9c9ccccc98)ccc7cc6c(c3)c45)cc12.c1ccc2c(c1)oc1ccc(-c3ccc4cc5c6cc(-c7ccc8oc9ccccc9c8c7)cc7c8cc9ccc(-c%10ccc%11oc%12ccccc%12c%11c%10)cc9cc8n(c5cc4c3)c67)cc12. The Bertz CT molecular complexity index is 10200. The zero-order valence-electron chi connectivity index (χ0n) is 70.7. The molecule has 0 saturated carbocycles. The number of rotatable bonds is 6. The first-order valence-electron chi connectivity index (χ1n) is 45.3. The van der Waals surface area contributed by atoms with Gasteiger partial charge in [-0.3, -0.25) is 0 Å². The van der Waals surface area contributed by atoms with E-state index in [1.54, 1.807) is 0 Å². The van der Waals surface area contributed by atoms with Gasteiger partial charge in [0.15, 0.2) is 0 Å². The van der Waals surface area contributed by atoms with Gasteiger partial charge >= 0.3 is 0 Å². The number of nitrogens with zero attached hydrogens (tertiary/aromatic N) is 4. The molecule has 0 spiro atoms. The summed E-state index contributed by atoms with van der Waals surface area (Å²) in [5.41, 5.74) is 31.2. The number of aromatic nitrogens is 4. The van der Waals surface area contributed by atoms with Gasteiger partial charge in [0.05, 0.1) is 55.2 Å². The number of fused-ring (bicyclic) bond motifs is 34. The van der Waals surface area contributed by atoms with Gasteiger partial charge in [-0.25, -0.2) is 0 Å². The Morgan fingerprint density at radius 1 is 0.129 bits per heavy atom. The fourth-order valence-electron chi connectivity index (χ4n) is 23.0. The van der Waals surface area contributed by atoms with Crippen LogP contribution in [0.1, 0.15) is 0 Å². The predicted molar refractivity (Wildman–Crippen MR) is 552 cm³/mol. The van der Waals surface area contributed by atoms with E-state index in [-0.39, 0.29) is 0 Å². The number of hydrogen-bond donors (Lipinski definition) is 0. The maximum absolute atomic E-state index is 6.28. The number of hydrogen-bond acceptors (Lipinski definition) is 4. The molecule has 0 bridgehead atoms. The fourth-order valence-corrected chi connectivity index (χ4v) is 23.0.